The number of nitrogens with zero attached hydrogens (tertiary/aromatic N) is 3. The van der Waals surface area contributed by atoms with Crippen LogP contribution in [-0.4, -0.2) is 81.1 Å². The Bertz CT molecular complexity index is 2320. The number of thiophene rings is 1. The highest BCUT2D eigenvalue weighted by atomic mass is 32.2. The van der Waals surface area contributed by atoms with Crippen LogP contribution in [0.3, 0.4) is 0 Å². The molecule has 2 amide bonds. The average molecular weight is 844 g/mol. The number of ketones is 1. The lowest BCUT2D eigenvalue weighted by Crippen LogP contribution is -2.67. The summed E-state index contributed by atoms with van der Waals surface area (Å²) in [7, 11) is -6.82. The van der Waals surface area contributed by atoms with E-state index in [1.54, 1.807) is 14.0 Å². The molecule has 0 aliphatic carbocycles. The van der Waals surface area contributed by atoms with E-state index in [-0.39, 0.29) is 34.9 Å². The van der Waals surface area contributed by atoms with Crippen molar-refractivity contribution >= 4 is 56.9 Å². The van der Waals surface area contributed by atoms with E-state index in [0.29, 0.717) is 58.2 Å². The normalized spacial score (nSPS) is 16.9. The van der Waals surface area contributed by atoms with Gasteiger partial charge in [0.25, 0.3) is 18.3 Å². The molecule has 7 rings (SSSR count). The SMILES string of the molecule is COc1ccccc1[C@H](CN1C(=O)N(C(C)(C)C(=O)CC(C)(C)[Si](O)(c2ccccc2)c2ccccc2)S(=O)(=O)c2c1sc(-c1ncco1)c2C)OC1CCOCC1. The first kappa shape index (κ1) is 41.5. The van der Waals surface area contributed by atoms with Gasteiger partial charge in [-0.3, -0.25) is 9.69 Å². The molecule has 0 radical (unpaired) electrons. The molecule has 0 spiro atoms. The quantitative estimate of drug-likeness (QED) is 0.118. The maximum absolute atomic E-state index is 15.2. The highest BCUT2D eigenvalue weighted by Crippen LogP contribution is 2.51. The van der Waals surface area contributed by atoms with Crippen LogP contribution in [0, 0.1) is 6.92 Å². The number of carbonyl (C=O) groups is 2. The monoisotopic (exact) mass is 843 g/mol. The van der Waals surface area contributed by atoms with Gasteiger partial charge in [-0.15, -0.1) is 11.3 Å². The van der Waals surface area contributed by atoms with Crippen LogP contribution in [-0.2, 0) is 24.3 Å². The molecule has 306 valence electrons. The third kappa shape index (κ3) is 7.32. The second-order valence-electron chi connectivity index (χ2n) is 15.9. The molecule has 0 unspecified atom stereocenters. The highest BCUT2D eigenvalue weighted by Gasteiger charge is 2.57. The highest BCUT2D eigenvalue weighted by molar-refractivity contribution is 7.90. The second kappa shape index (κ2) is 16.2. The molecule has 2 aromatic heterocycles. The van der Waals surface area contributed by atoms with Crippen molar-refractivity contribution < 1.29 is 41.4 Å². The molecule has 1 N–H and O–H groups in total. The number of urea groups is 1. The second-order valence-corrected chi connectivity index (χ2v) is 22.5. The molecule has 0 saturated carbocycles. The maximum atomic E-state index is 15.2. The van der Waals surface area contributed by atoms with Gasteiger partial charge in [0.05, 0.1) is 30.8 Å². The third-order valence-electron chi connectivity index (χ3n) is 11.4. The smallest absolute Gasteiger partial charge is 0.340 e. The molecule has 12 nitrogen and oxygen atoms in total. The minimum absolute atomic E-state index is 0.106. The summed E-state index contributed by atoms with van der Waals surface area (Å²) in [6, 6.07) is 25.0. The molecule has 2 aliphatic rings. The third-order valence-corrected chi connectivity index (χ3v) is 19.4. The molecular formula is C43H49N3O9S2Si. The zero-order chi connectivity index (χ0) is 41.5. The van der Waals surface area contributed by atoms with Gasteiger partial charge in [0.1, 0.15) is 33.6 Å². The topological polar surface area (TPSA) is 149 Å². The van der Waals surface area contributed by atoms with Crippen molar-refractivity contribution in [3.05, 3.63) is 109 Å². The summed E-state index contributed by atoms with van der Waals surface area (Å²) in [5.41, 5.74) is -0.900. The van der Waals surface area contributed by atoms with E-state index in [4.69, 9.17) is 18.6 Å². The van der Waals surface area contributed by atoms with E-state index in [1.165, 1.54) is 31.2 Å². The standard InChI is InChI=1S/C43H49N3O9S2Si/c1-29-37(39-44-23-26-54-39)56-40-38(29)57(49,50)46(41(48)45(40)28-35(55-30-21-24-53-25-22-30)33-19-13-14-20-34(33)52-6)43(4,5)36(47)27-42(2,3)58(51,31-15-9-7-10-16-31)32-17-11-8-12-18-32/h7-20,23,26,30,35,51H,21-22,24-25,27-28H2,1-6H3/t35-/m0/s1. The van der Waals surface area contributed by atoms with Gasteiger partial charge in [-0.2, -0.15) is 0 Å². The van der Waals surface area contributed by atoms with Gasteiger partial charge >= 0.3 is 6.03 Å². The van der Waals surface area contributed by atoms with Crippen LogP contribution < -0.4 is 20.0 Å². The number of benzene rings is 3. The Morgan fingerprint density at radius 2 is 1.59 bits per heavy atom. The summed E-state index contributed by atoms with van der Waals surface area (Å²) in [4.78, 5) is 49.1. The lowest BCUT2D eigenvalue weighted by molar-refractivity contribution is -0.126. The number of carbonyl (C=O) groups excluding carboxylic acids is 2. The molecule has 58 heavy (non-hydrogen) atoms. The largest absolute Gasteiger partial charge is 0.496 e. The van der Waals surface area contributed by atoms with Crippen LogP contribution >= 0.6 is 11.3 Å². The minimum atomic E-state index is -4.68. The van der Waals surface area contributed by atoms with Gasteiger partial charge in [0.2, 0.25) is 5.89 Å². The zero-order valence-corrected chi connectivity index (χ0v) is 36.1. The Morgan fingerprint density at radius 1 is 0.983 bits per heavy atom. The van der Waals surface area contributed by atoms with Crippen LogP contribution in [0.4, 0.5) is 9.80 Å². The number of ether oxygens (including phenoxy) is 3. The van der Waals surface area contributed by atoms with Crippen LogP contribution in [0.15, 0.2) is 107 Å². The summed E-state index contributed by atoms with van der Waals surface area (Å²) >= 11 is 1.08. The molecule has 5 aromatic rings. The van der Waals surface area contributed by atoms with E-state index >= 15 is 13.2 Å². The molecule has 4 heterocycles. The van der Waals surface area contributed by atoms with Crippen LogP contribution in [0.2, 0.25) is 5.04 Å². The molecular weight excluding hydrogens is 795 g/mol. The molecule has 3 aromatic carbocycles. The molecule has 0 bridgehead atoms. The van der Waals surface area contributed by atoms with Gasteiger partial charge < -0.3 is 23.4 Å². The Kier molecular flexibility index (Phi) is 11.6. The number of rotatable bonds is 14. The van der Waals surface area contributed by atoms with Crippen molar-refractivity contribution in [1.82, 2.24) is 9.29 Å². The van der Waals surface area contributed by atoms with Gasteiger partial charge in [0, 0.05) is 25.2 Å². The van der Waals surface area contributed by atoms with Crippen LogP contribution in [0.5, 0.6) is 5.75 Å². The van der Waals surface area contributed by atoms with Crippen molar-refractivity contribution in [2.45, 2.75) is 81.6 Å². The lowest BCUT2D eigenvalue weighted by Gasteiger charge is -2.46. The molecule has 1 atom stereocenters. The summed E-state index contributed by atoms with van der Waals surface area (Å²) < 4.78 is 54.6. The number of anilines is 1. The number of oxazole rings is 1. The fourth-order valence-corrected chi connectivity index (χ4v) is 15.4. The van der Waals surface area contributed by atoms with Gasteiger partial charge in [-0.25, -0.2) is 22.5 Å². The van der Waals surface area contributed by atoms with Gasteiger partial charge in [0.15, 0.2) is 5.78 Å². The number of aromatic nitrogens is 1. The lowest BCUT2D eigenvalue weighted by atomic mass is 9.91. The number of amides is 2. The number of hydrogen-bond acceptors (Lipinski definition) is 11. The van der Waals surface area contributed by atoms with Crippen molar-refractivity contribution in [2.24, 2.45) is 0 Å². The number of para-hydroxylation sites is 1. The number of methoxy groups -OCH3 is 1. The first-order valence-electron chi connectivity index (χ1n) is 19.3. The Balaban J connectivity index is 1.33. The van der Waals surface area contributed by atoms with E-state index < -0.39 is 46.8 Å². The summed E-state index contributed by atoms with van der Waals surface area (Å²) in [6.07, 6.45) is 2.94. The van der Waals surface area contributed by atoms with Crippen LogP contribution in [0.25, 0.3) is 10.8 Å². The number of hydrogen-bond donors (Lipinski definition) is 1. The first-order valence-corrected chi connectivity index (χ1v) is 23.5. The zero-order valence-electron chi connectivity index (χ0n) is 33.5. The Hall–Kier alpha value is -4.64. The Morgan fingerprint density at radius 3 is 2.17 bits per heavy atom. The van der Waals surface area contributed by atoms with Crippen LogP contribution in [0.1, 0.15) is 64.2 Å². The molecule has 15 heteroatoms. The predicted octanol–water partition coefficient (Wildman–Crippen LogP) is 6.86. The number of fused-ring (bicyclic) bond motifs is 1. The number of sulfonamides is 1. The first-order chi connectivity index (χ1) is 27.6. The fraction of sp³-hybridized carbons (Fsp3) is 0.372. The van der Waals surface area contributed by atoms with Gasteiger partial charge in [-0.05, 0) is 60.7 Å². The minimum Gasteiger partial charge on any atom is -0.496 e. The van der Waals surface area contributed by atoms with Crippen molar-refractivity contribution in [3.63, 3.8) is 0 Å². The van der Waals surface area contributed by atoms with E-state index in [9.17, 15) is 9.59 Å². The van der Waals surface area contributed by atoms with Crippen molar-refractivity contribution in [1.29, 1.82) is 0 Å². The van der Waals surface area contributed by atoms with Gasteiger partial charge in [-0.1, -0.05) is 92.7 Å². The Labute approximate surface area is 344 Å². The summed E-state index contributed by atoms with van der Waals surface area (Å²) in [5, 5.41) is 0.504. The van der Waals surface area contributed by atoms with E-state index in [2.05, 4.69) is 4.98 Å². The van der Waals surface area contributed by atoms with Crippen molar-refractivity contribution in [3.8, 4) is 16.5 Å². The number of Topliss-reactive ketones (excluding diaryl/α,β-unsaturated/α-hetero) is 1. The summed E-state index contributed by atoms with van der Waals surface area (Å²) in [6.45, 7) is 9.17. The summed E-state index contributed by atoms with van der Waals surface area (Å²) in [5.74, 6) is 0.216. The van der Waals surface area contributed by atoms with Crippen molar-refractivity contribution in [2.75, 3.05) is 31.8 Å². The fourth-order valence-electron chi connectivity index (χ4n) is 8.12. The van der Waals surface area contributed by atoms with E-state index in [0.717, 1.165) is 15.6 Å². The molecule has 2 aliphatic heterocycles. The van der Waals surface area contributed by atoms with E-state index in [1.807, 2.05) is 98.8 Å². The predicted molar refractivity (Wildman–Crippen MR) is 225 cm³/mol. The molecule has 1 fully saturated rings. The molecule has 1 saturated heterocycles. The maximum Gasteiger partial charge on any atom is 0.340 e. The average Bonchev–Trinajstić information content (AvgIpc) is 3.88.